The van der Waals surface area contributed by atoms with Gasteiger partial charge in [0, 0.05) is 64.6 Å². The molecule has 2 atom stereocenters. The maximum absolute atomic E-state index is 12.8. The van der Waals surface area contributed by atoms with Crippen LogP contribution in [0.25, 0.3) is 64.6 Å². The monoisotopic (exact) mass is 950 g/mol. The van der Waals surface area contributed by atoms with Crippen molar-refractivity contribution in [2.24, 2.45) is 0 Å². The first kappa shape index (κ1) is 48.7. The van der Waals surface area contributed by atoms with Gasteiger partial charge in [-0.05, 0) is 140 Å². The second-order valence-electron chi connectivity index (χ2n) is 17.2. The van der Waals surface area contributed by atoms with Gasteiger partial charge in [-0.2, -0.15) is 0 Å². The molecule has 0 saturated carbocycles. The zero-order chi connectivity index (χ0) is 50.2. The molecule has 9 rings (SSSR count). The van der Waals surface area contributed by atoms with Gasteiger partial charge < -0.3 is 23.7 Å². The Bertz CT molecular complexity index is 3410. The minimum Gasteiger partial charge on any atom is -0.465 e. The highest BCUT2D eigenvalue weighted by molar-refractivity contribution is 5.94. The molecule has 0 N–H and O–H groups in total. The minimum absolute atomic E-state index is 0.0569. The summed E-state index contributed by atoms with van der Waals surface area (Å²) >= 11 is 0. The predicted molar refractivity (Wildman–Crippen MR) is 283 cm³/mol. The number of carbonyl (C=O) groups excluding carboxylic acids is 2. The van der Waals surface area contributed by atoms with Crippen LogP contribution in [-0.4, -0.2) is 45.2 Å². The zero-order valence-corrected chi connectivity index (χ0v) is 40.3. The van der Waals surface area contributed by atoms with Crippen molar-refractivity contribution in [2.45, 2.75) is 44.9 Å². The van der Waals surface area contributed by atoms with Crippen LogP contribution < -0.4 is 0 Å². The molecule has 2 unspecified atom stereocenters. The summed E-state index contributed by atoms with van der Waals surface area (Å²) in [5.74, 6) is -1.00. The molecule has 7 nitrogen and oxygen atoms in total. The summed E-state index contributed by atoms with van der Waals surface area (Å²) in [7, 11) is 2.68. The van der Waals surface area contributed by atoms with Crippen molar-refractivity contribution < 1.29 is 33.3 Å². The largest absolute Gasteiger partial charge is 0.465 e. The first-order valence-electron chi connectivity index (χ1n) is 23.7. The van der Waals surface area contributed by atoms with E-state index in [0.717, 1.165) is 62.7 Å². The molecule has 0 aliphatic carbocycles. The second kappa shape index (κ2) is 24.0. The Morgan fingerprint density at radius 1 is 0.425 bits per heavy atom. The zero-order valence-electron chi connectivity index (χ0n) is 40.3. The van der Waals surface area contributed by atoms with Crippen molar-refractivity contribution in [1.82, 2.24) is 0 Å². The fraction of sp³-hybridized carbons (Fsp3) is 0.152. The van der Waals surface area contributed by atoms with Crippen molar-refractivity contribution in [3.8, 4) is 0 Å². The third-order valence-electron chi connectivity index (χ3n) is 11.6. The lowest BCUT2D eigenvalue weighted by atomic mass is 10.1. The fourth-order valence-electron chi connectivity index (χ4n) is 8.00. The average molecular weight is 951 g/mol. The summed E-state index contributed by atoms with van der Waals surface area (Å²) in [5, 5.41) is 8.30. The third-order valence-corrected chi connectivity index (χ3v) is 11.6. The summed E-state index contributed by atoms with van der Waals surface area (Å²) in [6.07, 6.45) is 2.23. The highest BCUT2D eigenvalue weighted by Gasteiger charge is 2.23. The summed E-state index contributed by atoms with van der Waals surface area (Å²) < 4.78 is 28.9. The number of benzene rings is 7. The van der Waals surface area contributed by atoms with Crippen LogP contribution in [0.3, 0.4) is 0 Å². The third kappa shape index (κ3) is 14.2. The molecule has 1 aliphatic heterocycles. The highest BCUT2D eigenvalue weighted by Crippen LogP contribution is 2.23. The molecule has 0 aromatic heterocycles. The van der Waals surface area contributed by atoms with E-state index < -0.39 is 11.9 Å². The van der Waals surface area contributed by atoms with Crippen molar-refractivity contribution in [3.05, 3.63) is 253 Å². The molecule has 1 saturated heterocycles. The molecule has 8 aromatic rings. The van der Waals surface area contributed by atoms with Gasteiger partial charge >= 0.3 is 11.9 Å². The van der Waals surface area contributed by atoms with Crippen molar-refractivity contribution in [2.75, 3.05) is 20.8 Å². The Morgan fingerprint density at radius 3 is 1.19 bits per heavy atom. The number of fused-ring (bicyclic) bond motifs is 12. The molecule has 0 spiro atoms. The lowest BCUT2D eigenvalue weighted by Crippen LogP contribution is -2.32. The normalized spacial score (nSPS) is 13.4. The maximum Gasteiger partial charge on any atom is 0.337 e. The van der Waals surface area contributed by atoms with Gasteiger partial charge in [-0.1, -0.05) is 121 Å². The molecule has 352 valence electrons. The number of rotatable bonds is 9. The van der Waals surface area contributed by atoms with Crippen LogP contribution in [-0.2, 0) is 36.9 Å². The number of ether oxygens (including phenoxy) is 5. The minimum atomic E-state index is -0.501. The van der Waals surface area contributed by atoms with Gasteiger partial charge in [0.25, 0.3) is 0 Å². The molecule has 7 heteroatoms. The van der Waals surface area contributed by atoms with Crippen molar-refractivity contribution in [3.63, 3.8) is 0 Å². The Hall–Kier alpha value is -9.28. The molecular weight excluding hydrogens is 905 g/mol. The summed E-state index contributed by atoms with van der Waals surface area (Å²) in [5.41, 5.74) is 2.67. The first-order chi connectivity index (χ1) is 35.8. The molecule has 0 amide bonds. The van der Waals surface area contributed by atoms with E-state index in [4.69, 9.17) is 23.7 Å². The quantitative estimate of drug-likeness (QED) is 0.133. The van der Waals surface area contributed by atoms with Crippen molar-refractivity contribution >= 4 is 76.6 Å². The summed E-state index contributed by atoms with van der Waals surface area (Å²) in [6.45, 7) is 1.32. The molecule has 1 fully saturated rings. The second-order valence-corrected chi connectivity index (χ2v) is 17.2. The van der Waals surface area contributed by atoms with Crippen molar-refractivity contribution in [1.29, 1.82) is 0 Å². The molecular formula is C66H46O7. The Balaban J connectivity index is 1.13. The molecule has 8 aromatic carbocycles. The predicted octanol–water partition coefficient (Wildman–Crippen LogP) is 13.5. The van der Waals surface area contributed by atoms with E-state index in [9.17, 15) is 9.59 Å². The Kier molecular flexibility index (Phi) is 16.0. The van der Waals surface area contributed by atoms with Crippen LogP contribution >= 0.6 is 0 Å². The first-order valence-corrected chi connectivity index (χ1v) is 23.7. The van der Waals surface area contributed by atoms with Gasteiger partial charge in [0.2, 0.25) is 0 Å². The number of carbonyl (C=O) groups is 2. The van der Waals surface area contributed by atoms with Gasteiger partial charge in [0.05, 0.1) is 51.3 Å². The lowest BCUT2D eigenvalue weighted by molar-refractivity contribution is -0.210. The highest BCUT2D eigenvalue weighted by atomic mass is 16.7. The Labute approximate surface area is 426 Å². The van der Waals surface area contributed by atoms with Crippen LogP contribution in [0, 0.1) is 72.8 Å². The van der Waals surface area contributed by atoms with E-state index >= 15 is 0 Å². The number of hydrogen-bond donors (Lipinski definition) is 0. The van der Waals surface area contributed by atoms with E-state index in [1.165, 1.54) is 14.2 Å². The van der Waals surface area contributed by atoms with Crippen LogP contribution in [0.5, 0.6) is 0 Å². The van der Waals surface area contributed by atoms with E-state index in [-0.39, 0.29) is 12.4 Å². The number of esters is 2. The van der Waals surface area contributed by atoms with E-state index in [1.807, 2.05) is 121 Å². The maximum atomic E-state index is 12.8. The molecule has 0 radical (unpaired) electrons. The van der Waals surface area contributed by atoms with E-state index in [2.05, 4.69) is 84.9 Å². The van der Waals surface area contributed by atoms with Gasteiger partial charge in [0.1, 0.15) is 0 Å². The SMILES string of the molecule is COC(=O)c1cc2c#cc3cccc(c#cc4cc(COC5CCCC(COCc6ccccc6)O5)cc(c#cc5cccc(c#cc6cc(C(=O)OC)cc(c#cc7cccc(c#cc(c1)c2)c7)c6)c5)c4)c3. The molecule has 1 aliphatic rings. The van der Waals surface area contributed by atoms with Crippen LogP contribution in [0.1, 0.15) is 51.1 Å². The van der Waals surface area contributed by atoms with Crippen LogP contribution in [0.4, 0.5) is 0 Å². The summed E-state index contributed by atoms with van der Waals surface area (Å²) in [6, 6.07) is 88.5. The smallest absolute Gasteiger partial charge is 0.337 e. The summed E-state index contributed by atoms with van der Waals surface area (Å²) in [4.78, 5) is 25.6. The van der Waals surface area contributed by atoms with Gasteiger partial charge in [0.15, 0.2) is 6.29 Å². The topological polar surface area (TPSA) is 80.3 Å². The lowest BCUT2D eigenvalue weighted by Gasteiger charge is -2.29. The molecule has 1 heterocycles. The fourth-order valence-corrected chi connectivity index (χ4v) is 8.00. The van der Waals surface area contributed by atoms with Crippen LogP contribution in [0.2, 0.25) is 0 Å². The van der Waals surface area contributed by atoms with E-state index in [1.54, 1.807) is 24.3 Å². The Morgan fingerprint density at radius 2 is 0.795 bits per heavy atom. The van der Waals surface area contributed by atoms with Crippen LogP contribution in [0.15, 0.2) is 158 Å². The van der Waals surface area contributed by atoms with Gasteiger partial charge in [-0.15, -0.1) is 0 Å². The average Bonchev–Trinajstić information content (AvgIpc) is 3.43. The van der Waals surface area contributed by atoms with E-state index in [0.29, 0.717) is 63.3 Å². The van der Waals surface area contributed by atoms with Gasteiger partial charge in [-0.3, -0.25) is 0 Å². The molecule has 12 bridgehead atoms. The number of hydrogen-bond acceptors (Lipinski definition) is 7. The number of methoxy groups -OCH3 is 2. The van der Waals surface area contributed by atoms with Gasteiger partial charge in [-0.25, -0.2) is 9.59 Å². The standard InChI is InChI=1S/C66H46O7/c1-69-65(67)61-40-56-28-22-49-14-6-12-47(32-49)20-26-54-35-55(39-60(38-54)45-72-64-19-9-18-63(73-64)46-71-44-53-10-4-3-5-11-53)27-21-48-13-7-15-50(33-48)23-29-57-37-59(43-62(41-57)66(68)70-2)31-25-52-17-8-16-51(34-52)24-30-58(36-56)42-61/h3-8,10-17,32-43,63-64H,9,18-19,44-46H2,1-2H3. The molecule has 73 heavy (non-hydrogen) atoms.